The molecule has 3 nitrogen and oxygen atoms in total. The van der Waals surface area contributed by atoms with Gasteiger partial charge < -0.3 is 10.4 Å². The van der Waals surface area contributed by atoms with Crippen molar-refractivity contribution in [3.05, 3.63) is 28.2 Å². The quantitative estimate of drug-likeness (QED) is 0.829. The normalized spacial score (nSPS) is 21.2. The molecule has 1 saturated heterocycles. The predicted molar refractivity (Wildman–Crippen MR) is 87.1 cm³/mol. The third-order valence-electron chi connectivity index (χ3n) is 4.28. The Morgan fingerprint density at radius 3 is 2.95 bits per heavy atom. The standard InChI is InChI=1S/C16H25BrN2O/c1-3-15(14-10-12(17)7-8-16(14)20)18-11-13-6-5-9-19(13)4-2/h7-8,10,13,15,18,20H,3-6,9,11H2,1-2H3. The summed E-state index contributed by atoms with van der Waals surface area (Å²) in [6.07, 6.45) is 3.56. The molecule has 0 aliphatic carbocycles. The lowest BCUT2D eigenvalue weighted by atomic mass is 10.0. The number of nitrogens with zero attached hydrogens (tertiary/aromatic N) is 1. The molecule has 2 N–H and O–H groups in total. The number of aromatic hydroxyl groups is 1. The molecule has 112 valence electrons. The minimum absolute atomic E-state index is 0.215. The second kappa shape index (κ2) is 7.43. The molecule has 1 aromatic rings. The molecule has 0 bridgehead atoms. The Morgan fingerprint density at radius 2 is 2.25 bits per heavy atom. The van der Waals surface area contributed by atoms with Crippen molar-refractivity contribution in [1.29, 1.82) is 0 Å². The highest BCUT2D eigenvalue weighted by atomic mass is 79.9. The van der Waals surface area contributed by atoms with Gasteiger partial charge in [-0.25, -0.2) is 0 Å². The van der Waals surface area contributed by atoms with Gasteiger partial charge in [0.05, 0.1) is 0 Å². The largest absolute Gasteiger partial charge is 0.508 e. The molecular formula is C16H25BrN2O. The molecule has 0 spiro atoms. The van der Waals surface area contributed by atoms with Gasteiger partial charge in [-0.2, -0.15) is 0 Å². The van der Waals surface area contributed by atoms with Crippen LogP contribution in [-0.4, -0.2) is 35.7 Å². The molecule has 0 aromatic heterocycles. The smallest absolute Gasteiger partial charge is 0.120 e. The Kier molecular flexibility index (Phi) is 5.87. The Bertz CT molecular complexity index is 438. The number of likely N-dealkylation sites (tertiary alicyclic amines) is 1. The molecule has 0 saturated carbocycles. The van der Waals surface area contributed by atoms with Gasteiger partial charge in [0, 0.05) is 28.7 Å². The first-order valence-electron chi connectivity index (χ1n) is 7.61. The van der Waals surface area contributed by atoms with Crippen LogP contribution in [0.25, 0.3) is 0 Å². The van der Waals surface area contributed by atoms with Crippen molar-refractivity contribution >= 4 is 15.9 Å². The van der Waals surface area contributed by atoms with Crippen LogP contribution in [0.5, 0.6) is 5.75 Å². The molecule has 1 aliphatic heterocycles. The van der Waals surface area contributed by atoms with Gasteiger partial charge in [0.1, 0.15) is 5.75 Å². The number of phenolic OH excluding ortho intramolecular Hbond substituents is 1. The fourth-order valence-electron chi connectivity index (χ4n) is 3.10. The van der Waals surface area contributed by atoms with E-state index in [9.17, 15) is 5.11 Å². The van der Waals surface area contributed by atoms with Gasteiger partial charge in [0.15, 0.2) is 0 Å². The Balaban J connectivity index is 2.00. The van der Waals surface area contributed by atoms with E-state index in [4.69, 9.17) is 0 Å². The second-order valence-electron chi connectivity index (χ2n) is 5.50. The van der Waals surface area contributed by atoms with E-state index in [1.807, 2.05) is 12.1 Å². The maximum absolute atomic E-state index is 10.1. The first-order valence-corrected chi connectivity index (χ1v) is 8.40. The van der Waals surface area contributed by atoms with Crippen LogP contribution in [-0.2, 0) is 0 Å². The number of halogens is 1. The summed E-state index contributed by atoms with van der Waals surface area (Å²) in [4.78, 5) is 2.54. The fourth-order valence-corrected chi connectivity index (χ4v) is 3.48. The molecular weight excluding hydrogens is 316 g/mol. The van der Waals surface area contributed by atoms with Crippen LogP contribution in [0.4, 0.5) is 0 Å². The number of hydrogen-bond donors (Lipinski definition) is 2. The van der Waals surface area contributed by atoms with Crippen LogP contribution in [0.15, 0.2) is 22.7 Å². The summed E-state index contributed by atoms with van der Waals surface area (Å²) in [6.45, 7) is 7.74. The summed E-state index contributed by atoms with van der Waals surface area (Å²) >= 11 is 3.48. The Hall–Kier alpha value is -0.580. The van der Waals surface area contributed by atoms with Gasteiger partial charge >= 0.3 is 0 Å². The summed E-state index contributed by atoms with van der Waals surface area (Å²) in [6, 6.07) is 6.51. The average molecular weight is 341 g/mol. The van der Waals surface area contributed by atoms with E-state index in [1.165, 1.54) is 19.4 Å². The van der Waals surface area contributed by atoms with Gasteiger partial charge in [-0.1, -0.05) is 29.8 Å². The van der Waals surface area contributed by atoms with Crippen LogP contribution in [0.1, 0.15) is 44.7 Å². The molecule has 0 radical (unpaired) electrons. The molecule has 1 aliphatic rings. The van der Waals surface area contributed by atoms with Gasteiger partial charge in [-0.05, 0) is 50.6 Å². The van der Waals surface area contributed by atoms with Crippen molar-refractivity contribution in [2.24, 2.45) is 0 Å². The van der Waals surface area contributed by atoms with E-state index < -0.39 is 0 Å². The summed E-state index contributed by atoms with van der Waals surface area (Å²) in [5.41, 5.74) is 0.989. The molecule has 2 atom stereocenters. The van der Waals surface area contributed by atoms with Gasteiger partial charge in [-0.3, -0.25) is 4.90 Å². The van der Waals surface area contributed by atoms with E-state index in [0.29, 0.717) is 11.8 Å². The lowest BCUT2D eigenvalue weighted by Crippen LogP contribution is -2.39. The zero-order valence-electron chi connectivity index (χ0n) is 12.4. The number of likely N-dealkylation sites (N-methyl/N-ethyl adjacent to an activating group) is 1. The lowest BCUT2D eigenvalue weighted by molar-refractivity contribution is 0.252. The molecule has 4 heteroatoms. The fraction of sp³-hybridized carbons (Fsp3) is 0.625. The average Bonchev–Trinajstić information content (AvgIpc) is 2.90. The third-order valence-corrected chi connectivity index (χ3v) is 4.77. The number of hydrogen-bond acceptors (Lipinski definition) is 3. The van der Waals surface area contributed by atoms with Gasteiger partial charge in [0.25, 0.3) is 0 Å². The Morgan fingerprint density at radius 1 is 1.45 bits per heavy atom. The lowest BCUT2D eigenvalue weighted by Gasteiger charge is -2.26. The van der Waals surface area contributed by atoms with E-state index in [-0.39, 0.29) is 6.04 Å². The molecule has 1 fully saturated rings. The molecule has 1 heterocycles. The number of nitrogens with one attached hydrogen (secondary N) is 1. The first-order chi connectivity index (χ1) is 9.65. The summed E-state index contributed by atoms with van der Waals surface area (Å²) in [7, 11) is 0. The van der Waals surface area contributed by atoms with Crippen molar-refractivity contribution in [2.45, 2.75) is 45.2 Å². The van der Waals surface area contributed by atoms with E-state index >= 15 is 0 Å². The van der Waals surface area contributed by atoms with Crippen LogP contribution >= 0.6 is 15.9 Å². The maximum atomic E-state index is 10.1. The highest BCUT2D eigenvalue weighted by Crippen LogP contribution is 2.29. The molecule has 1 aromatic carbocycles. The van der Waals surface area contributed by atoms with Crippen LogP contribution in [0.2, 0.25) is 0 Å². The van der Waals surface area contributed by atoms with Crippen molar-refractivity contribution in [2.75, 3.05) is 19.6 Å². The van der Waals surface area contributed by atoms with Crippen LogP contribution in [0.3, 0.4) is 0 Å². The first kappa shape index (κ1) is 15.8. The van der Waals surface area contributed by atoms with E-state index in [1.54, 1.807) is 6.07 Å². The SMILES string of the molecule is CCC(NCC1CCCN1CC)c1cc(Br)ccc1O. The predicted octanol–water partition coefficient (Wildman–Crippen LogP) is 3.68. The van der Waals surface area contributed by atoms with Crippen LogP contribution < -0.4 is 5.32 Å². The van der Waals surface area contributed by atoms with Gasteiger partial charge in [0.2, 0.25) is 0 Å². The summed E-state index contributed by atoms with van der Waals surface area (Å²) in [5.74, 6) is 0.381. The number of phenols is 1. The van der Waals surface area contributed by atoms with Crippen LogP contribution in [0, 0.1) is 0 Å². The number of benzene rings is 1. The number of rotatable bonds is 6. The van der Waals surface area contributed by atoms with Crippen molar-refractivity contribution in [3.63, 3.8) is 0 Å². The minimum atomic E-state index is 0.215. The third kappa shape index (κ3) is 3.74. The van der Waals surface area contributed by atoms with E-state index in [2.05, 4.69) is 40.0 Å². The molecule has 20 heavy (non-hydrogen) atoms. The van der Waals surface area contributed by atoms with Crippen molar-refractivity contribution in [3.8, 4) is 5.75 Å². The molecule has 2 rings (SSSR count). The molecule has 2 unspecified atom stereocenters. The zero-order chi connectivity index (χ0) is 14.5. The Labute approximate surface area is 130 Å². The second-order valence-corrected chi connectivity index (χ2v) is 6.41. The molecule has 0 amide bonds. The maximum Gasteiger partial charge on any atom is 0.120 e. The highest BCUT2D eigenvalue weighted by molar-refractivity contribution is 9.10. The van der Waals surface area contributed by atoms with Gasteiger partial charge in [-0.15, -0.1) is 0 Å². The topological polar surface area (TPSA) is 35.5 Å². The summed E-state index contributed by atoms with van der Waals surface area (Å²) in [5, 5.41) is 13.7. The van der Waals surface area contributed by atoms with Crippen molar-refractivity contribution < 1.29 is 5.11 Å². The highest BCUT2D eigenvalue weighted by Gasteiger charge is 2.24. The summed E-state index contributed by atoms with van der Waals surface area (Å²) < 4.78 is 1.02. The van der Waals surface area contributed by atoms with E-state index in [0.717, 1.165) is 29.5 Å². The minimum Gasteiger partial charge on any atom is -0.508 e. The van der Waals surface area contributed by atoms with Crippen molar-refractivity contribution in [1.82, 2.24) is 10.2 Å². The zero-order valence-corrected chi connectivity index (χ0v) is 14.0. The monoisotopic (exact) mass is 340 g/mol.